The normalized spacial score (nSPS) is 15.9. The first-order valence-corrected chi connectivity index (χ1v) is 10.3. The minimum Gasteiger partial charge on any atom is -0.444 e. The molecule has 0 saturated carbocycles. The molecule has 1 atom stereocenters. The molecular formula is C18H16BrN3O3S. The van der Waals surface area contributed by atoms with Gasteiger partial charge in [0.15, 0.2) is 10.4 Å². The zero-order valence-electron chi connectivity index (χ0n) is 14.2. The largest absolute Gasteiger partial charge is 0.444 e. The lowest BCUT2D eigenvalue weighted by Gasteiger charge is -2.13. The van der Waals surface area contributed by atoms with E-state index in [2.05, 4.69) is 32.4 Å². The second-order valence-electron chi connectivity index (χ2n) is 6.26. The lowest BCUT2D eigenvalue weighted by atomic mass is 10.1. The molecule has 134 valence electrons. The Balaban J connectivity index is 1.79. The Hall–Kier alpha value is -2.19. The van der Waals surface area contributed by atoms with E-state index in [0.717, 1.165) is 28.1 Å². The van der Waals surface area contributed by atoms with Crippen LogP contribution in [0.4, 0.5) is 5.82 Å². The van der Waals surface area contributed by atoms with E-state index in [1.54, 1.807) is 16.8 Å². The Morgan fingerprint density at radius 2 is 2.08 bits per heavy atom. The molecule has 2 aromatic heterocycles. The molecule has 3 heterocycles. The Labute approximate surface area is 161 Å². The highest BCUT2D eigenvalue weighted by Crippen LogP contribution is 2.32. The van der Waals surface area contributed by atoms with Crippen molar-refractivity contribution in [2.24, 2.45) is 0 Å². The Morgan fingerprint density at radius 3 is 2.77 bits per heavy atom. The van der Waals surface area contributed by atoms with Crippen molar-refractivity contribution in [3.8, 4) is 5.69 Å². The molecule has 4 rings (SSSR count). The van der Waals surface area contributed by atoms with Gasteiger partial charge in [-0.3, -0.25) is 9.00 Å². The van der Waals surface area contributed by atoms with E-state index in [9.17, 15) is 9.00 Å². The summed E-state index contributed by atoms with van der Waals surface area (Å²) in [6, 6.07) is 9.30. The predicted molar refractivity (Wildman–Crippen MR) is 103 cm³/mol. The number of hydrogen-bond acceptors (Lipinski definition) is 4. The number of furan rings is 1. The zero-order chi connectivity index (χ0) is 18.4. The minimum atomic E-state index is -0.985. The molecule has 1 N–H and O–H groups in total. The molecule has 3 aromatic rings. The van der Waals surface area contributed by atoms with Crippen LogP contribution in [0.3, 0.4) is 0 Å². The number of benzene rings is 1. The van der Waals surface area contributed by atoms with Crippen LogP contribution in [-0.4, -0.2) is 19.9 Å². The number of carbonyl (C=O) groups excluding carboxylic acids is 1. The summed E-state index contributed by atoms with van der Waals surface area (Å²) in [5, 5.41) is 7.52. The summed E-state index contributed by atoms with van der Waals surface area (Å²) in [6.07, 6.45) is 0. The highest BCUT2D eigenvalue weighted by Gasteiger charge is 2.29. The maximum absolute atomic E-state index is 12.6. The smallest absolute Gasteiger partial charge is 0.292 e. The van der Waals surface area contributed by atoms with Crippen LogP contribution in [0.1, 0.15) is 32.9 Å². The number of aromatic nitrogens is 2. The molecule has 1 aliphatic heterocycles. The van der Waals surface area contributed by atoms with E-state index >= 15 is 0 Å². The van der Waals surface area contributed by atoms with Gasteiger partial charge in [-0.25, -0.2) is 4.68 Å². The maximum Gasteiger partial charge on any atom is 0.292 e. The fourth-order valence-corrected chi connectivity index (χ4v) is 4.65. The van der Waals surface area contributed by atoms with Crippen LogP contribution in [0.2, 0.25) is 0 Å². The van der Waals surface area contributed by atoms with E-state index in [-0.39, 0.29) is 11.7 Å². The molecule has 0 spiro atoms. The molecule has 0 radical (unpaired) electrons. The Kier molecular flexibility index (Phi) is 4.32. The molecule has 26 heavy (non-hydrogen) atoms. The van der Waals surface area contributed by atoms with E-state index < -0.39 is 10.8 Å². The fourth-order valence-electron chi connectivity index (χ4n) is 3.08. The lowest BCUT2D eigenvalue weighted by molar-refractivity contribution is 0.0994. The van der Waals surface area contributed by atoms with Gasteiger partial charge in [-0.1, -0.05) is 17.7 Å². The van der Waals surface area contributed by atoms with Crippen molar-refractivity contribution < 1.29 is 13.4 Å². The molecule has 0 bridgehead atoms. The summed E-state index contributed by atoms with van der Waals surface area (Å²) < 4.78 is 19.5. The van der Waals surface area contributed by atoms with Crippen LogP contribution >= 0.6 is 15.9 Å². The summed E-state index contributed by atoms with van der Waals surface area (Å²) in [6.45, 7) is 4.03. The van der Waals surface area contributed by atoms with Crippen LogP contribution in [-0.2, 0) is 22.3 Å². The minimum absolute atomic E-state index is 0.193. The highest BCUT2D eigenvalue weighted by atomic mass is 79.9. The van der Waals surface area contributed by atoms with E-state index in [1.165, 1.54) is 0 Å². The maximum atomic E-state index is 12.6. The third kappa shape index (κ3) is 3.03. The van der Waals surface area contributed by atoms with Crippen LogP contribution < -0.4 is 5.32 Å². The van der Waals surface area contributed by atoms with Crippen molar-refractivity contribution in [3.05, 3.63) is 63.1 Å². The fraction of sp³-hybridized carbons (Fsp3) is 0.222. The third-order valence-corrected chi connectivity index (χ3v) is 5.91. The van der Waals surface area contributed by atoms with Gasteiger partial charge in [0.25, 0.3) is 5.91 Å². The van der Waals surface area contributed by atoms with Crippen molar-refractivity contribution in [3.63, 3.8) is 0 Å². The molecule has 0 aliphatic carbocycles. The third-order valence-electron chi connectivity index (χ3n) is 4.28. The molecule has 0 saturated heterocycles. The summed E-state index contributed by atoms with van der Waals surface area (Å²) >= 11 is 3.20. The van der Waals surface area contributed by atoms with Gasteiger partial charge in [0.1, 0.15) is 5.82 Å². The second-order valence-corrected chi connectivity index (χ2v) is 8.50. The number of amides is 1. The number of carbonyl (C=O) groups is 1. The topological polar surface area (TPSA) is 77.1 Å². The van der Waals surface area contributed by atoms with E-state index in [0.29, 0.717) is 22.0 Å². The van der Waals surface area contributed by atoms with Crippen LogP contribution in [0.5, 0.6) is 0 Å². The van der Waals surface area contributed by atoms with Gasteiger partial charge >= 0.3 is 0 Å². The van der Waals surface area contributed by atoms with E-state index in [1.807, 2.05) is 26.0 Å². The molecule has 1 aliphatic rings. The van der Waals surface area contributed by atoms with Crippen molar-refractivity contribution in [1.29, 1.82) is 0 Å². The Bertz CT molecular complexity index is 1050. The molecule has 0 unspecified atom stereocenters. The first kappa shape index (κ1) is 17.2. The first-order valence-electron chi connectivity index (χ1n) is 8.02. The van der Waals surface area contributed by atoms with Gasteiger partial charge in [-0.15, -0.1) is 0 Å². The number of halogens is 1. The van der Waals surface area contributed by atoms with Gasteiger partial charge in [-0.05, 0) is 53.5 Å². The lowest BCUT2D eigenvalue weighted by Crippen LogP contribution is -2.16. The number of nitrogens with one attached hydrogen (secondary N) is 1. The summed E-state index contributed by atoms with van der Waals surface area (Å²) in [4.78, 5) is 12.6. The SMILES string of the molecule is Cc1ccc(-n2nc3c(c2NC(=O)c2ccc(Br)o2)C[S@@](=O)C3)c(C)c1. The highest BCUT2D eigenvalue weighted by molar-refractivity contribution is 9.10. The molecule has 1 aromatic carbocycles. The average Bonchev–Trinajstić information content (AvgIpc) is 3.24. The average molecular weight is 434 g/mol. The summed E-state index contributed by atoms with van der Waals surface area (Å²) in [5.41, 5.74) is 4.66. The second kappa shape index (κ2) is 6.51. The van der Waals surface area contributed by atoms with E-state index in [4.69, 9.17) is 4.42 Å². The molecule has 0 fully saturated rings. The van der Waals surface area contributed by atoms with Gasteiger partial charge in [-0.2, -0.15) is 5.10 Å². The number of anilines is 1. The monoisotopic (exact) mass is 433 g/mol. The van der Waals surface area contributed by atoms with Crippen LogP contribution in [0, 0.1) is 13.8 Å². The Morgan fingerprint density at radius 1 is 1.27 bits per heavy atom. The van der Waals surface area contributed by atoms with Crippen molar-refractivity contribution in [1.82, 2.24) is 9.78 Å². The standard InChI is InChI=1S/C18H16BrN3O3S/c1-10-3-4-14(11(2)7-10)22-17(12-8-26(24)9-13(12)21-22)20-18(23)15-5-6-16(19)25-15/h3-7H,8-9H2,1-2H3,(H,20,23)/t26-/m1/s1. The van der Waals surface area contributed by atoms with Gasteiger partial charge in [0.2, 0.25) is 0 Å². The van der Waals surface area contributed by atoms with Gasteiger partial charge < -0.3 is 9.73 Å². The summed E-state index contributed by atoms with van der Waals surface area (Å²) in [7, 11) is -0.985. The van der Waals surface area contributed by atoms with Crippen LogP contribution in [0.15, 0.2) is 39.4 Å². The predicted octanol–water partition coefficient (Wildman–Crippen LogP) is 3.86. The first-order chi connectivity index (χ1) is 12.4. The number of aryl methyl sites for hydroxylation is 2. The number of hydrogen-bond donors (Lipinski definition) is 1. The molecular weight excluding hydrogens is 418 g/mol. The number of fused-ring (bicyclic) bond motifs is 1. The molecule has 8 heteroatoms. The van der Waals surface area contributed by atoms with Crippen molar-refractivity contribution >= 4 is 38.5 Å². The quantitative estimate of drug-likeness (QED) is 0.679. The number of rotatable bonds is 3. The van der Waals surface area contributed by atoms with Gasteiger partial charge in [0, 0.05) is 16.4 Å². The molecule has 6 nitrogen and oxygen atoms in total. The van der Waals surface area contributed by atoms with Crippen molar-refractivity contribution in [2.45, 2.75) is 25.4 Å². The number of nitrogens with zero attached hydrogens (tertiary/aromatic N) is 2. The molecule has 1 amide bonds. The summed E-state index contributed by atoms with van der Waals surface area (Å²) in [5.74, 6) is 1.16. The van der Waals surface area contributed by atoms with Crippen molar-refractivity contribution in [2.75, 3.05) is 5.32 Å². The zero-order valence-corrected chi connectivity index (χ0v) is 16.6. The van der Waals surface area contributed by atoms with Gasteiger partial charge in [0.05, 0.1) is 22.9 Å². The van der Waals surface area contributed by atoms with Crippen LogP contribution in [0.25, 0.3) is 5.69 Å².